The third-order valence-corrected chi connectivity index (χ3v) is 4.03. The zero-order chi connectivity index (χ0) is 13.9. The van der Waals surface area contributed by atoms with Crippen LogP contribution in [0, 0.1) is 0 Å². The molecule has 1 aromatic heterocycles. The zero-order valence-electron chi connectivity index (χ0n) is 12.0. The van der Waals surface area contributed by atoms with Gasteiger partial charge in [0.15, 0.2) is 0 Å². The van der Waals surface area contributed by atoms with Gasteiger partial charge in [-0.05, 0) is 39.8 Å². The van der Waals surface area contributed by atoms with Crippen LogP contribution in [0.25, 0.3) is 0 Å². The first-order chi connectivity index (χ1) is 9.07. The van der Waals surface area contributed by atoms with Crippen molar-refractivity contribution >= 4 is 5.91 Å². The van der Waals surface area contributed by atoms with E-state index < -0.39 is 0 Å². The smallest absolute Gasteiger partial charge is 0.291 e. The highest BCUT2D eigenvalue weighted by Crippen LogP contribution is 2.35. The lowest BCUT2D eigenvalue weighted by Crippen LogP contribution is -2.57. The van der Waals surface area contributed by atoms with Crippen molar-refractivity contribution in [2.45, 2.75) is 44.6 Å². The molecule has 106 valence electrons. The van der Waals surface area contributed by atoms with Gasteiger partial charge < -0.3 is 10.2 Å². The number of carbonyl (C=O) groups excluding carboxylic acids is 1. The van der Waals surface area contributed by atoms with Crippen molar-refractivity contribution in [2.75, 3.05) is 20.6 Å². The number of H-pyrrole nitrogens is 1. The summed E-state index contributed by atoms with van der Waals surface area (Å²) in [6.07, 6.45) is 5.31. The van der Waals surface area contributed by atoms with Gasteiger partial charge in [0.05, 0.1) is 0 Å². The molecule has 0 aliphatic heterocycles. The summed E-state index contributed by atoms with van der Waals surface area (Å²) in [6.45, 7) is 2.73. The average molecular weight is 265 g/mol. The number of amides is 1. The van der Waals surface area contributed by atoms with Gasteiger partial charge in [0.1, 0.15) is 5.82 Å². The van der Waals surface area contributed by atoms with Gasteiger partial charge in [-0.15, -0.1) is 5.10 Å². The number of hydrogen-bond acceptors (Lipinski definition) is 4. The van der Waals surface area contributed by atoms with Crippen molar-refractivity contribution in [3.8, 4) is 0 Å². The van der Waals surface area contributed by atoms with Crippen LogP contribution in [0.3, 0.4) is 0 Å². The van der Waals surface area contributed by atoms with E-state index in [2.05, 4.69) is 46.4 Å². The Hall–Kier alpha value is -1.43. The number of carbonyl (C=O) groups is 1. The maximum absolute atomic E-state index is 12.0. The van der Waals surface area contributed by atoms with Gasteiger partial charge in [-0.2, -0.15) is 0 Å². The standard InChI is InChI=1S/C13H23N5O/c1-4-6-10-15-11(17-16-10)12(19)14-9-13(18(2)3)7-5-8-13/h4-9H2,1-3H3,(H,14,19)(H,15,16,17). The number of rotatable bonds is 6. The van der Waals surface area contributed by atoms with Gasteiger partial charge in [-0.1, -0.05) is 6.92 Å². The fourth-order valence-corrected chi connectivity index (χ4v) is 2.44. The second-order valence-corrected chi connectivity index (χ2v) is 5.51. The number of nitrogens with zero attached hydrogens (tertiary/aromatic N) is 3. The molecule has 0 bridgehead atoms. The Morgan fingerprint density at radius 2 is 2.21 bits per heavy atom. The lowest BCUT2D eigenvalue weighted by molar-refractivity contribution is 0.0554. The SMILES string of the molecule is CCCc1nc(C(=O)NCC2(N(C)C)CCC2)n[nH]1. The van der Waals surface area contributed by atoms with E-state index in [1.807, 2.05) is 0 Å². The number of aryl methyl sites for hydroxylation is 1. The Morgan fingerprint density at radius 1 is 1.47 bits per heavy atom. The van der Waals surface area contributed by atoms with Crippen molar-refractivity contribution in [3.05, 3.63) is 11.6 Å². The summed E-state index contributed by atoms with van der Waals surface area (Å²) in [4.78, 5) is 18.4. The average Bonchev–Trinajstić information content (AvgIpc) is 2.76. The normalized spacial score (nSPS) is 17.3. The van der Waals surface area contributed by atoms with Crippen LogP contribution in [0.15, 0.2) is 0 Å². The minimum atomic E-state index is -0.188. The van der Waals surface area contributed by atoms with Crippen LogP contribution in [-0.2, 0) is 6.42 Å². The third-order valence-electron chi connectivity index (χ3n) is 4.03. The molecular weight excluding hydrogens is 242 g/mol. The molecule has 6 nitrogen and oxygen atoms in total. The quantitative estimate of drug-likeness (QED) is 0.804. The van der Waals surface area contributed by atoms with Crippen LogP contribution in [-0.4, -0.2) is 52.2 Å². The fourth-order valence-electron chi connectivity index (χ4n) is 2.44. The highest BCUT2D eigenvalue weighted by atomic mass is 16.2. The second-order valence-electron chi connectivity index (χ2n) is 5.51. The number of likely N-dealkylation sites (N-methyl/N-ethyl adjacent to an activating group) is 1. The molecule has 1 saturated carbocycles. The van der Waals surface area contributed by atoms with Crippen LogP contribution in [0.4, 0.5) is 0 Å². The van der Waals surface area contributed by atoms with E-state index in [0.29, 0.717) is 6.54 Å². The molecule has 1 amide bonds. The zero-order valence-corrected chi connectivity index (χ0v) is 12.0. The van der Waals surface area contributed by atoms with Gasteiger partial charge in [0.2, 0.25) is 5.82 Å². The van der Waals surface area contributed by atoms with Crippen LogP contribution in [0.2, 0.25) is 0 Å². The van der Waals surface area contributed by atoms with E-state index in [9.17, 15) is 4.79 Å². The van der Waals surface area contributed by atoms with Gasteiger partial charge in [0, 0.05) is 18.5 Å². The Morgan fingerprint density at radius 3 is 2.74 bits per heavy atom. The summed E-state index contributed by atoms with van der Waals surface area (Å²) < 4.78 is 0. The Labute approximate surface area is 114 Å². The van der Waals surface area contributed by atoms with Gasteiger partial charge >= 0.3 is 0 Å². The van der Waals surface area contributed by atoms with E-state index in [1.54, 1.807) is 0 Å². The van der Waals surface area contributed by atoms with Crippen molar-refractivity contribution in [3.63, 3.8) is 0 Å². The van der Waals surface area contributed by atoms with E-state index in [-0.39, 0.29) is 17.3 Å². The topological polar surface area (TPSA) is 73.9 Å². The first-order valence-corrected chi connectivity index (χ1v) is 6.94. The van der Waals surface area contributed by atoms with Crippen LogP contribution in [0.5, 0.6) is 0 Å². The van der Waals surface area contributed by atoms with Crippen molar-refractivity contribution < 1.29 is 4.79 Å². The largest absolute Gasteiger partial charge is 0.347 e. The summed E-state index contributed by atoms with van der Waals surface area (Å²) in [7, 11) is 4.13. The third kappa shape index (κ3) is 2.94. The summed E-state index contributed by atoms with van der Waals surface area (Å²) in [6, 6.07) is 0. The molecule has 0 aromatic carbocycles. The predicted octanol–water partition coefficient (Wildman–Crippen LogP) is 0.971. The summed E-state index contributed by atoms with van der Waals surface area (Å²) >= 11 is 0. The van der Waals surface area contributed by atoms with Crippen LogP contribution in [0.1, 0.15) is 49.1 Å². The highest BCUT2D eigenvalue weighted by Gasteiger charge is 2.39. The highest BCUT2D eigenvalue weighted by molar-refractivity contribution is 5.90. The molecule has 0 unspecified atom stereocenters. The predicted molar refractivity (Wildman–Crippen MR) is 73.0 cm³/mol. The Kier molecular flexibility index (Phi) is 4.19. The van der Waals surface area contributed by atoms with Gasteiger partial charge in [0.25, 0.3) is 5.91 Å². The minimum absolute atomic E-state index is 0.123. The summed E-state index contributed by atoms with van der Waals surface area (Å²) in [5.41, 5.74) is 0.123. The number of nitrogens with one attached hydrogen (secondary N) is 2. The van der Waals surface area contributed by atoms with E-state index in [1.165, 1.54) is 6.42 Å². The molecule has 1 aliphatic rings. The second kappa shape index (κ2) is 5.69. The maximum Gasteiger partial charge on any atom is 0.291 e. The van der Waals surface area contributed by atoms with Crippen molar-refractivity contribution in [2.24, 2.45) is 0 Å². The number of aromatic nitrogens is 3. The van der Waals surface area contributed by atoms with Gasteiger partial charge in [-0.25, -0.2) is 4.98 Å². The van der Waals surface area contributed by atoms with Gasteiger partial charge in [-0.3, -0.25) is 9.89 Å². The molecule has 2 N–H and O–H groups in total. The molecule has 0 radical (unpaired) electrons. The van der Waals surface area contributed by atoms with Crippen molar-refractivity contribution in [1.29, 1.82) is 0 Å². The fraction of sp³-hybridized carbons (Fsp3) is 0.769. The minimum Gasteiger partial charge on any atom is -0.347 e. The van der Waals surface area contributed by atoms with Crippen LogP contribution >= 0.6 is 0 Å². The van der Waals surface area contributed by atoms with E-state index in [4.69, 9.17) is 0 Å². The molecule has 1 fully saturated rings. The van der Waals surface area contributed by atoms with E-state index >= 15 is 0 Å². The Bertz CT molecular complexity index is 436. The first-order valence-electron chi connectivity index (χ1n) is 6.94. The molecule has 0 atom stereocenters. The lowest BCUT2D eigenvalue weighted by Gasteiger charge is -2.47. The lowest BCUT2D eigenvalue weighted by atomic mass is 9.75. The number of aromatic amines is 1. The summed E-state index contributed by atoms with van der Waals surface area (Å²) in [5, 5.41) is 9.72. The molecule has 0 spiro atoms. The molecule has 1 aliphatic carbocycles. The monoisotopic (exact) mass is 265 g/mol. The Balaban J connectivity index is 1.90. The molecule has 0 saturated heterocycles. The molecule has 6 heteroatoms. The molecule has 2 rings (SSSR count). The molecule has 1 aromatic rings. The number of hydrogen-bond donors (Lipinski definition) is 2. The van der Waals surface area contributed by atoms with Crippen molar-refractivity contribution in [1.82, 2.24) is 25.4 Å². The first kappa shape index (κ1) is 14.0. The molecule has 1 heterocycles. The van der Waals surface area contributed by atoms with Crippen LogP contribution < -0.4 is 5.32 Å². The molecule has 19 heavy (non-hydrogen) atoms. The van der Waals surface area contributed by atoms with E-state index in [0.717, 1.165) is 31.5 Å². The maximum atomic E-state index is 12.0. The molecular formula is C13H23N5O. The summed E-state index contributed by atoms with van der Waals surface area (Å²) in [5.74, 6) is 0.835.